The minimum absolute atomic E-state index is 0. The molecule has 1 rings (SSSR count). The van der Waals surface area contributed by atoms with E-state index in [-0.39, 0.29) is 29.2 Å². The second-order valence-electron chi connectivity index (χ2n) is 1.34. The Hall–Kier alpha value is -0.484. The number of hydrogen-bond acceptors (Lipinski definition) is 1. The molecule has 0 aliphatic heterocycles. The van der Waals surface area contributed by atoms with E-state index in [0.717, 1.165) is 0 Å². The summed E-state index contributed by atoms with van der Waals surface area (Å²) >= 11 is 0. The molecule has 1 nitrogen and oxygen atoms in total. The average Bonchev–Trinajstić information content (AvgIpc) is 1.69. The van der Waals surface area contributed by atoms with Crippen molar-refractivity contribution >= 4 is 0 Å². The van der Waals surface area contributed by atoms with E-state index < -0.39 is 0 Å². The van der Waals surface area contributed by atoms with Crippen LogP contribution in [0.15, 0.2) is 30.3 Å². The van der Waals surface area contributed by atoms with Crippen LogP contribution in [0.1, 0.15) is 0 Å². The number of phenolic OH excluding ortho intramolecular Hbond substituents is 1. The number of aromatic hydroxyl groups is 1. The summed E-state index contributed by atoms with van der Waals surface area (Å²) in [5, 5.41) is 8.63. The summed E-state index contributed by atoms with van der Waals surface area (Å²) in [5.41, 5.74) is 0. The van der Waals surface area contributed by atoms with Crippen molar-refractivity contribution in [3.8, 4) is 5.75 Å². The van der Waals surface area contributed by atoms with Crippen LogP contribution in [-0.2, 0) is 19.8 Å². The number of para-hydroxylation sites is 1. The van der Waals surface area contributed by atoms with E-state index in [0.29, 0.717) is 5.75 Å². The van der Waals surface area contributed by atoms with E-state index in [4.69, 9.17) is 5.11 Å². The summed E-state index contributed by atoms with van der Waals surface area (Å²) in [4.78, 5) is 0. The summed E-state index contributed by atoms with van der Waals surface area (Å²) in [5.74, 6) is 0.322. The van der Waals surface area contributed by atoms with Gasteiger partial charge in [-0.2, -0.15) is 0 Å². The van der Waals surface area contributed by atoms with Gasteiger partial charge in [0.2, 0.25) is 0 Å². The molecule has 0 amide bonds. The molecule has 1 N–H and O–H groups in total. The van der Waals surface area contributed by atoms with Crippen LogP contribution in [0, 0.1) is 0 Å². The first kappa shape index (κ1) is 16.3. The monoisotopic (exact) mass is 324 g/mol. The maximum Gasteiger partial charge on any atom is 2.00 e. The van der Waals surface area contributed by atoms with Crippen LogP contribution in [0.3, 0.4) is 0 Å². The number of phenols is 1. The Labute approximate surface area is 70.9 Å². The Morgan fingerprint density at radius 1 is 0.900 bits per heavy atom. The summed E-state index contributed by atoms with van der Waals surface area (Å²) in [7, 11) is 0. The van der Waals surface area contributed by atoms with Crippen molar-refractivity contribution < 1.29 is 34.3 Å². The summed E-state index contributed by atoms with van der Waals surface area (Å²) in [6.45, 7) is 0. The second kappa shape index (κ2) is 8.52. The van der Waals surface area contributed by atoms with Crippen molar-refractivity contribution in [1.29, 1.82) is 0 Å². The molecule has 0 aliphatic rings. The first-order chi connectivity index (χ1) is 3.39. The van der Waals surface area contributed by atoms with Crippen molar-refractivity contribution in [3.63, 3.8) is 0 Å². The molecule has 0 saturated carbocycles. The molecule has 1 aromatic rings. The third-order valence-electron chi connectivity index (χ3n) is 0.756. The SMILES string of the molecule is Oc1ccccc1.[F-].[F-].[Os+2]. The fraction of sp³-hybridized carbons (Fsp3) is 0. The first-order valence-corrected chi connectivity index (χ1v) is 2.13. The molecule has 0 spiro atoms. The fourth-order valence-corrected chi connectivity index (χ4v) is 0.428. The van der Waals surface area contributed by atoms with Gasteiger partial charge in [-0.15, -0.1) is 0 Å². The summed E-state index contributed by atoms with van der Waals surface area (Å²) < 4.78 is 0. The predicted molar refractivity (Wildman–Crippen MR) is 28.1 cm³/mol. The third kappa shape index (κ3) is 5.65. The Bertz CT molecular complexity index is 146. The molecule has 10 heavy (non-hydrogen) atoms. The van der Waals surface area contributed by atoms with Crippen molar-refractivity contribution in [2.24, 2.45) is 0 Å². The third-order valence-corrected chi connectivity index (χ3v) is 0.756. The Balaban J connectivity index is -0.000000163. The van der Waals surface area contributed by atoms with Crippen LogP contribution in [0.5, 0.6) is 5.75 Å². The van der Waals surface area contributed by atoms with Gasteiger partial charge in [0.05, 0.1) is 0 Å². The molecular formula is C6H6F2OOs. The van der Waals surface area contributed by atoms with Gasteiger partial charge in [0.1, 0.15) is 5.75 Å². The van der Waals surface area contributed by atoms with Crippen LogP contribution in [0.25, 0.3) is 0 Å². The maximum absolute atomic E-state index is 8.63. The predicted octanol–water partition coefficient (Wildman–Crippen LogP) is -4.60. The molecule has 0 aromatic heterocycles. The molecule has 1 aromatic carbocycles. The molecule has 58 valence electrons. The van der Waals surface area contributed by atoms with E-state index in [9.17, 15) is 0 Å². The van der Waals surface area contributed by atoms with Gasteiger partial charge in [-0.25, -0.2) is 0 Å². The van der Waals surface area contributed by atoms with Gasteiger partial charge in [0, 0.05) is 0 Å². The van der Waals surface area contributed by atoms with Gasteiger partial charge < -0.3 is 14.5 Å². The average molecular weight is 322 g/mol. The largest absolute Gasteiger partial charge is 2.00 e. The van der Waals surface area contributed by atoms with Crippen molar-refractivity contribution in [2.45, 2.75) is 0 Å². The zero-order valence-electron chi connectivity index (χ0n) is 4.94. The van der Waals surface area contributed by atoms with E-state index in [1.165, 1.54) is 0 Å². The van der Waals surface area contributed by atoms with E-state index in [2.05, 4.69) is 0 Å². The topological polar surface area (TPSA) is 20.2 Å². The minimum Gasteiger partial charge on any atom is -1.00 e. The van der Waals surface area contributed by atoms with E-state index in [1.54, 1.807) is 24.3 Å². The van der Waals surface area contributed by atoms with Crippen molar-refractivity contribution in [2.75, 3.05) is 0 Å². The summed E-state index contributed by atoms with van der Waals surface area (Å²) in [6, 6.07) is 8.71. The number of rotatable bonds is 0. The zero-order valence-corrected chi connectivity index (χ0v) is 7.48. The van der Waals surface area contributed by atoms with Crippen LogP contribution in [0.2, 0.25) is 0 Å². The Morgan fingerprint density at radius 2 is 1.30 bits per heavy atom. The minimum atomic E-state index is 0. The number of halogens is 2. The summed E-state index contributed by atoms with van der Waals surface area (Å²) in [6.07, 6.45) is 0. The van der Waals surface area contributed by atoms with Gasteiger partial charge in [-0.3, -0.25) is 0 Å². The van der Waals surface area contributed by atoms with Gasteiger partial charge in [-0.05, 0) is 12.1 Å². The molecule has 0 unspecified atom stereocenters. The fourth-order valence-electron chi connectivity index (χ4n) is 0.428. The molecule has 0 aliphatic carbocycles. The van der Waals surface area contributed by atoms with Gasteiger partial charge in [0.15, 0.2) is 0 Å². The van der Waals surface area contributed by atoms with E-state index in [1.807, 2.05) is 6.07 Å². The molecule has 0 bridgehead atoms. The molecule has 0 heterocycles. The molecular weight excluding hydrogens is 316 g/mol. The van der Waals surface area contributed by atoms with Gasteiger partial charge in [-0.1, -0.05) is 18.2 Å². The number of benzene rings is 1. The first-order valence-electron chi connectivity index (χ1n) is 2.13. The molecule has 0 atom stereocenters. The Kier molecular flexibility index (Phi) is 13.8. The van der Waals surface area contributed by atoms with Crippen LogP contribution >= 0.6 is 0 Å². The molecule has 0 saturated heterocycles. The van der Waals surface area contributed by atoms with Gasteiger partial charge >= 0.3 is 19.8 Å². The van der Waals surface area contributed by atoms with Crippen molar-refractivity contribution in [1.82, 2.24) is 0 Å². The van der Waals surface area contributed by atoms with Crippen molar-refractivity contribution in [3.05, 3.63) is 30.3 Å². The van der Waals surface area contributed by atoms with Gasteiger partial charge in [0.25, 0.3) is 0 Å². The molecule has 0 radical (unpaired) electrons. The molecule has 4 heteroatoms. The van der Waals surface area contributed by atoms with E-state index >= 15 is 0 Å². The maximum atomic E-state index is 8.63. The van der Waals surface area contributed by atoms with Crippen LogP contribution < -0.4 is 9.41 Å². The molecule has 0 fully saturated rings. The second-order valence-corrected chi connectivity index (χ2v) is 1.34. The van der Waals surface area contributed by atoms with Crippen LogP contribution in [-0.4, -0.2) is 5.11 Å². The number of hydrogen-bond donors (Lipinski definition) is 1. The Morgan fingerprint density at radius 3 is 1.50 bits per heavy atom. The smallest absolute Gasteiger partial charge is 1.00 e. The normalized spacial score (nSPS) is 6.00. The quantitative estimate of drug-likeness (QED) is 0.510. The van der Waals surface area contributed by atoms with Crippen LogP contribution in [0.4, 0.5) is 0 Å². The standard InChI is InChI=1S/C6H6O.2FH.Os/c7-6-4-2-1-3-5-6;;;/h1-5,7H;2*1H;/q;;;+2/p-2. The zero-order chi connectivity index (χ0) is 5.11.